The largest absolute Gasteiger partial charge is 0.311 e. The highest BCUT2D eigenvalue weighted by atomic mass is 16.2. The van der Waals surface area contributed by atoms with E-state index in [9.17, 15) is 9.59 Å². The smallest absolute Gasteiger partial charge is 0.267 e. The van der Waals surface area contributed by atoms with Gasteiger partial charge in [-0.25, -0.2) is 4.68 Å². The first-order chi connectivity index (χ1) is 14.6. The molecule has 1 heterocycles. The summed E-state index contributed by atoms with van der Waals surface area (Å²) in [6.45, 7) is 4.31. The Hall–Kier alpha value is -3.73. The van der Waals surface area contributed by atoms with Crippen LogP contribution in [-0.4, -0.2) is 22.2 Å². The molecule has 0 N–H and O–H groups in total. The summed E-state index contributed by atoms with van der Waals surface area (Å²) in [4.78, 5) is 27.1. The Bertz CT molecular complexity index is 1270. The average molecular weight is 397 g/mol. The SMILES string of the molecule is CCN(C(=O)Cn1nc(-c2cccc3ccccc23)ccc1=O)c1cccc(C)c1. The average Bonchev–Trinajstić information content (AvgIpc) is 2.75. The third-order valence-corrected chi connectivity index (χ3v) is 5.15. The van der Waals surface area contributed by atoms with Crippen LogP contribution in [-0.2, 0) is 11.3 Å². The van der Waals surface area contributed by atoms with Crippen molar-refractivity contribution in [3.8, 4) is 11.3 Å². The molecule has 0 saturated heterocycles. The fourth-order valence-electron chi connectivity index (χ4n) is 3.67. The maximum atomic E-state index is 13.0. The van der Waals surface area contributed by atoms with E-state index < -0.39 is 0 Å². The zero-order chi connectivity index (χ0) is 21.1. The van der Waals surface area contributed by atoms with Gasteiger partial charge in [-0.15, -0.1) is 0 Å². The number of amides is 1. The number of benzene rings is 3. The van der Waals surface area contributed by atoms with Gasteiger partial charge in [0, 0.05) is 23.9 Å². The first kappa shape index (κ1) is 19.6. The van der Waals surface area contributed by atoms with Crippen molar-refractivity contribution in [1.82, 2.24) is 9.78 Å². The summed E-state index contributed by atoms with van der Waals surface area (Å²) in [7, 11) is 0. The zero-order valence-electron chi connectivity index (χ0n) is 17.1. The first-order valence-electron chi connectivity index (χ1n) is 10.00. The molecule has 4 rings (SSSR count). The lowest BCUT2D eigenvalue weighted by atomic mass is 10.0. The highest BCUT2D eigenvalue weighted by molar-refractivity contribution is 5.96. The summed E-state index contributed by atoms with van der Waals surface area (Å²) in [5.74, 6) is -0.173. The van der Waals surface area contributed by atoms with Gasteiger partial charge in [-0.1, -0.05) is 54.6 Å². The number of nitrogens with zero attached hydrogens (tertiary/aromatic N) is 3. The molecule has 0 aliphatic heterocycles. The number of hydrogen-bond acceptors (Lipinski definition) is 3. The Morgan fingerprint density at radius 1 is 0.967 bits per heavy atom. The summed E-state index contributed by atoms with van der Waals surface area (Å²) in [6, 6.07) is 25.0. The molecular weight excluding hydrogens is 374 g/mol. The van der Waals surface area contributed by atoms with E-state index in [4.69, 9.17) is 0 Å². The van der Waals surface area contributed by atoms with Crippen molar-refractivity contribution in [1.29, 1.82) is 0 Å². The maximum absolute atomic E-state index is 13.0. The van der Waals surface area contributed by atoms with Gasteiger partial charge < -0.3 is 4.90 Å². The second kappa shape index (κ2) is 8.33. The van der Waals surface area contributed by atoms with E-state index in [0.717, 1.165) is 27.6 Å². The lowest BCUT2D eigenvalue weighted by Crippen LogP contribution is -2.37. The van der Waals surface area contributed by atoms with Crippen LogP contribution in [0.4, 0.5) is 5.69 Å². The third-order valence-electron chi connectivity index (χ3n) is 5.15. The molecule has 1 amide bonds. The van der Waals surface area contributed by atoms with Crippen molar-refractivity contribution >= 4 is 22.4 Å². The van der Waals surface area contributed by atoms with E-state index in [1.54, 1.807) is 11.0 Å². The Balaban J connectivity index is 1.68. The Morgan fingerprint density at radius 2 is 1.73 bits per heavy atom. The molecule has 5 heteroatoms. The van der Waals surface area contributed by atoms with E-state index in [0.29, 0.717) is 12.2 Å². The van der Waals surface area contributed by atoms with Gasteiger partial charge in [0.25, 0.3) is 5.56 Å². The highest BCUT2D eigenvalue weighted by Gasteiger charge is 2.16. The second-order valence-electron chi connectivity index (χ2n) is 7.22. The molecule has 0 bridgehead atoms. The van der Waals surface area contributed by atoms with Crippen LogP contribution in [0, 0.1) is 6.92 Å². The standard InChI is InChI=1S/C25H23N3O2/c1-3-27(20-11-6-8-18(2)16-20)25(30)17-28-24(29)15-14-23(26-28)22-13-7-10-19-9-4-5-12-21(19)22/h4-16H,3,17H2,1-2H3. The second-order valence-corrected chi connectivity index (χ2v) is 7.22. The van der Waals surface area contributed by atoms with Gasteiger partial charge in [0.15, 0.2) is 0 Å². The lowest BCUT2D eigenvalue weighted by Gasteiger charge is -2.21. The van der Waals surface area contributed by atoms with Crippen molar-refractivity contribution in [3.63, 3.8) is 0 Å². The summed E-state index contributed by atoms with van der Waals surface area (Å²) in [5.41, 5.74) is 3.19. The lowest BCUT2D eigenvalue weighted by molar-refractivity contribution is -0.119. The topological polar surface area (TPSA) is 55.2 Å². The van der Waals surface area contributed by atoms with Crippen molar-refractivity contribution in [2.24, 2.45) is 0 Å². The van der Waals surface area contributed by atoms with Gasteiger partial charge in [-0.3, -0.25) is 9.59 Å². The monoisotopic (exact) mass is 397 g/mol. The van der Waals surface area contributed by atoms with Crippen LogP contribution in [0.2, 0.25) is 0 Å². The molecular formula is C25H23N3O2. The summed E-state index contributed by atoms with van der Waals surface area (Å²) >= 11 is 0. The molecule has 3 aromatic carbocycles. The van der Waals surface area contributed by atoms with E-state index in [2.05, 4.69) is 5.10 Å². The summed E-state index contributed by atoms with van der Waals surface area (Å²) < 4.78 is 1.25. The molecule has 150 valence electrons. The quantitative estimate of drug-likeness (QED) is 0.501. The minimum Gasteiger partial charge on any atom is -0.311 e. The van der Waals surface area contributed by atoms with Gasteiger partial charge >= 0.3 is 0 Å². The fourth-order valence-corrected chi connectivity index (χ4v) is 3.67. The van der Waals surface area contributed by atoms with Crippen LogP contribution in [0.15, 0.2) is 83.7 Å². The predicted molar refractivity (Wildman–Crippen MR) is 121 cm³/mol. The summed E-state index contributed by atoms with van der Waals surface area (Å²) in [5, 5.41) is 6.67. The molecule has 0 aliphatic rings. The molecule has 0 unspecified atom stereocenters. The maximum Gasteiger partial charge on any atom is 0.267 e. The van der Waals surface area contributed by atoms with Crippen molar-refractivity contribution in [3.05, 3.63) is 94.8 Å². The molecule has 5 nitrogen and oxygen atoms in total. The van der Waals surface area contributed by atoms with Crippen molar-refractivity contribution in [2.45, 2.75) is 20.4 Å². The number of anilines is 1. The highest BCUT2D eigenvalue weighted by Crippen LogP contribution is 2.26. The molecule has 4 aromatic rings. The molecule has 0 atom stereocenters. The zero-order valence-corrected chi connectivity index (χ0v) is 17.1. The molecule has 0 aliphatic carbocycles. The number of likely N-dealkylation sites (N-methyl/N-ethyl adjacent to an activating group) is 1. The molecule has 0 saturated carbocycles. The van der Waals surface area contributed by atoms with Gasteiger partial charge in [0.05, 0.1) is 5.69 Å². The normalized spacial score (nSPS) is 10.9. The molecule has 30 heavy (non-hydrogen) atoms. The van der Waals surface area contributed by atoms with Crippen molar-refractivity contribution < 1.29 is 4.79 Å². The molecule has 1 aromatic heterocycles. The fraction of sp³-hybridized carbons (Fsp3) is 0.160. The number of hydrogen-bond donors (Lipinski definition) is 0. The van der Waals surface area contributed by atoms with Crippen LogP contribution in [0.1, 0.15) is 12.5 Å². The first-order valence-corrected chi connectivity index (χ1v) is 10.00. The van der Waals surface area contributed by atoms with E-state index >= 15 is 0 Å². The number of rotatable bonds is 5. The number of aromatic nitrogens is 2. The van der Waals surface area contributed by atoms with Gasteiger partial charge in [0.2, 0.25) is 5.91 Å². The number of aryl methyl sites for hydroxylation is 1. The van der Waals surface area contributed by atoms with Crippen LogP contribution in [0.5, 0.6) is 0 Å². The van der Waals surface area contributed by atoms with Crippen LogP contribution < -0.4 is 10.5 Å². The number of carbonyl (C=O) groups is 1. The predicted octanol–water partition coefficient (Wildman–Crippen LogP) is 4.43. The Morgan fingerprint density at radius 3 is 2.53 bits per heavy atom. The summed E-state index contributed by atoms with van der Waals surface area (Å²) in [6.07, 6.45) is 0. The molecule has 0 spiro atoms. The van der Waals surface area contributed by atoms with Crippen LogP contribution in [0.25, 0.3) is 22.0 Å². The van der Waals surface area contributed by atoms with Gasteiger partial charge in [-0.05, 0) is 48.4 Å². The van der Waals surface area contributed by atoms with Crippen LogP contribution >= 0.6 is 0 Å². The third kappa shape index (κ3) is 3.87. The Kier molecular flexibility index (Phi) is 5.44. The van der Waals surface area contributed by atoms with E-state index in [1.165, 1.54) is 10.7 Å². The number of fused-ring (bicyclic) bond motifs is 1. The minimum absolute atomic E-state index is 0.112. The van der Waals surface area contributed by atoms with E-state index in [-0.39, 0.29) is 18.0 Å². The van der Waals surface area contributed by atoms with Gasteiger partial charge in [-0.2, -0.15) is 5.10 Å². The molecule has 0 radical (unpaired) electrons. The Labute approximate surface area is 175 Å². The van der Waals surface area contributed by atoms with Gasteiger partial charge in [0.1, 0.15) is 6.54 Å². The van der Waals surface area contributed by atoms with Crippen LogP contribution in [0.3, 0.4) is 0 Å². The van der Waals surface area contributed by atoms with Crippen molar-refractivity contribution in [2.75, 3.05) is 11.4 Å². The molecule has 0 fully saturated rings. The number of carbonyl (C=O) groups excluding carboxylic acids is 1. The van der Waals surface area contributed by atoms with E-state index in [1.807, 2.05) is 80.6 Å². The minimum atomic E-state index is -0.298.